The van der Waals surface area contributed by atoms with Crippen LogP contribution in [0.4, 0.5) is 79.0 Å². The first-order chi connectivity index (χ1) is 48.9. The van der Waals surface area contributed by atoms with Gasteiger partial charge in [0.25, 0.3) is 16.7 Å². The van der Waals surface area contributed by atoms with E-state index in [1.54, 1.807) is 32.9 Å². The van der Waals surface area contributed by atoms with E-state index in [9.17, 15) is 93.4 Å². The smallest absolute Gasteiger partial charge is 0.484 e. The summed E-state index contributed by atoms with van der Waals surface area (Å²) in [5.74, 6) is -0.809. The number of fused-ring (bicyclic) bond motifs is 3. The Labute approximate surface area is 609 Å². The van der Waals surface area contributed by atoms with Gasteiger partial charge in [0.15, 0.2) is 36.9 Å². The highest BCUT2D eigenvalue weighted by Gasteiger charge is 2.52. The summed E-state index contributed by atoms with van der Waals surface area (Å²) in [6.45, 7) is 22.3. The van der Waals surface area contributed by atoms with E-state index in [0.29, 0.717) is 30.3 Å². The van der Waals surface area contributed by atoms with E-state index in [4.69, 9.17) is 18.8 Å². The zero-order chi connectivity index (χ0) is 80.3. The maximum absolute atomic E-state index is 14.0. The highest BCUT2D eigenvalue weighted by Crippen LogP contribution is 2.40. The van der Waals surface area contributed by atoms with E-state index in [2.05, 4.69) is 89.4 Å². The first kappa shape index (κ1) is 86.1. The molecule has 1 fully saturated rings. The second-order valence-corrected chi connectivity index (χ2v) is 39.9. The molecule has 0 aliphatic carbocycles. The maximum Gasteiger partial charge on any atom is 0.494 e. The van der Waals surface area contributed by atoms with Crippen LogP contribution in [-0.4, -0.2) is 128 Å². The third kappa shape index (κ3) is 23.2. The van der Waals surface area contributed by atoms with Crippen molar-refractivity contribution in [3.05, 3.63) is 161 Å². The molecule has 9 aromatic rings. The molecule has 3 aromatic carbocycles. The number of aromatic nitrogens is 9. The third-order valence-corrected chi connectivity index (χ3v) is 20.1. The van der Waals surface area contributed by atoms with E-state index >= 15 is 0 Å². The number of aryl methyl sites for hydroxylation is 3. The van der Waals surface area contributed by atoms with Gasteiger partial charge in [-0.2, -0.15) is 79.0 Å². The summed E-state index contributed by atoms with van der Waals surface area (Å²) in [6.07, 6.45) is -23.9. The van der Waals surface area contributed by atoms with Crippen LogP contribution in [0.2, 0.25) is 51.4 Å². The molecule has 1 N–H and O–H groups in total. The minimum Gasteiger partial charge on any atom is -0.484 e. The van der Waals surface area contributed by atoms with Crippen LogP contribution in [0.15, 0.2) is 110 Å². The van der Waals surface area contributed by atoms with Gasteiger partial charge in [0.05, 0.1) is 22.3 Å². The number of H-pyrrole nitrogens is 1. The van der Waals surface area contributed by atoms with Crippen LogP contribution in [0.25, 0.3) is 39.6 Å². The number of nitrogens with zero attached hydrogens (tertiary/aromatic N) is 8. The molecule has 586 valence electrons. The number of hydrogen-bond acceptors (Lipinski definition) is 13. The highest BCUT2D eigenvalue weighted by molar-refractivity contribution is 9.10. The topological polar surface area (TPSA) is 193 Å². The van der Waals surface area contributed by atoms with Crippen molar-refractivity contribution < 1.29 is 112 Å². The molecule has 0 spiro atoms. The molecule has 6 aromatic heterocycles. The fourth-order valence-electron chi connectivity index (χ4n) is 9.75. The summed E-state index contributed by atoms with van der Waals surface area (Å²) in [4.78, 5) is 51.3. The minimum atomic E-state index is -4.96. The number of ether oxygens (including phenoxy) is 5. The van der Waals surface area contributed by atoms with Crippen molar-refractivity contribution in [1.29, 1.82) is 0 Å². The van der Waals surface area contributed by atoms with Crippen molar-refractivity contribution in [2.24, 2.45) is 0 Å². The lowest BCUT2D eigenvalue weighted by Gasteiger charge is -2.32. The Bertz CT molecular complexity index is 4730. The molecular formula is C66H73BBrF18N9O10Si2. The Hall–Kier alpha value is -8.12. The molecule has 7 heterocycles. The maximum atomic E-state index is 14.0. The van der Waals surface area contributed by atoms with Gasteiger partial charge < -0.3 is 38.0 Å². The molecule has 0 unspecified atom stereocenters. The lowest BCUT2D eigenvalue weighted by Crippen LogP contribution is -2.41. The SMILES string of the molecule is CC1(C)OB(c2ccc(OCC(F)(F)F)cc2)OC1(C)C.Cc1cn2c(=O)c(-c3ccc(OCC(F)(F)F)cc3)c(C(F)(F)F)nc2[nH]1.Cc1cn2c(=O)c(-c3ccc(OCC(F)(F)F)cc3)c(C(F)(F)F)nc2n1COCC[Si](C)(C)C.Cc1cn2c(=O)c(Br)c(C(F)(F)F)nc2n1COCC[Si](C)(C)C. The van der Waals surface area contributed by atoms with Crippen LogP contribution in [0.5, 0.6) is 17.2 Å². The first-order valence-electron chi connectivity index (χ1n) is 32.1. The molecule has 41 heteroatoms. The van der Waals surface area contributed by atoms with Gasteiger partial charge in [0, 0.05) is 65.0 Å². The number of aromatic amines is 1. The van der Waals surface area contributed by atoms with E-state index in [0.717, 1.165) is 79.3 Å². The van der Waals surface area contributed by atoms with Gasteiger partial charge in [0.2, 0.25) is 17.3 Å². The zero-order valence-corrected chi connectivity index (χ0v) is 63.0. The lowest BCUT2D eigenvalue weighted by atomic mass is 9.79. The van der Waals surface area contributed by atoms with Crippen LogP contribution in [0.1, 0.15) is 61.9 Å². The average Bonchev–Trinajstić information content (AvgIpc) is 1.72. The van der Waals surface area contributed by atoms with Crippen molar-refractivity contribution >= 4 is 62.0 Å². The molecular weight excluding hydrogens is 1570 g/mol. The monoisotopic (exact) mass is 1640 g/mol. The fraction of sp³-hybridized carbons (Fsp3) is 0.455. The van der Waals surface area contributed by atoms with E-state index in [1.165, 1.54) is 39.9 Å². The Kier molecular flexibility index (Phi) is 26.2. The summed E-state index contributed by atoms with van der Waals surface area (Å²) in [6, 6.07) is 16.6. The summed E-state index contributed by atoms with van der Waals surface area (Å²) < 4.78 is 273. The predicted octanol–water partition coefficient (Wildman–Crippen LogP) is 16.5. The predicted molar refractivity (Wildman–Crippen MR) is 368 cm³/mol. The fourth-order valence-corrected chi connectivity index (χ4v) is 11.8. The number of nitrogens with one attached hydrogen (secondary N) is 1. The molecule has 19 nitrogen and oxygen atoms in total. The normalized spacial score (nSPS) is 14.4. The van der Waals surface area contributed by atoms with Gasteiger partial charge in [-0.3, -0.25) is 36.7 Å². The standard InChI is InChI=1S/C22H25F6N3O3Si.C16H11F6N3O2.C14H18BF3O3.C14H19BrF3N3O2Si/c1-14-11-30-19(32)17(15-5-7-16(8-6-15)34-12-21(23,24)25)18(22(26,27)28)29-20(30)31(14)13-33-9-10-35(2,3)4;1-8-6-25-13(26)11(12(16(20,21)22)24-14(25)23-8)9-2-4-10(5-3-9)27-7-15(17,18)19;1-12(2)13(3,4)21-15(20-12)10-5-7-11(8-6-10)19-9-14(16,17)18;1-9-7-20-12(22)10(15)11(14(16,17)18)19-13(20)21(9)8-23-5-6-24(2,3)4/h5-8,11H,9-10,12-13H2,1-4H3;2-6H,7H2,1H3,(H,23,24);5-8H,9H2,1-4H3;7H,5-6,8H2,1-4H3. The molecule has 0 atom stereocenters. The van der Waals surface area contributed by atoms with Gasteiger partial charge in [-0.15, -0.1) is 0 Å². The first-order valence-corrected chi connectivity index (χ1v) is 40.3. The Morgan fingerprint density at radius 3 is 1.17 bits per heavy atom. The summed E-state index contributed by atoms with van der Waals surface area (Å²) in [5, 5.41) is 0. The largest absolute Gasteiger partial charge is 0.494 e. The van der Waals surface area contributed by atoms with Crippen LogP contribution < -0.4 is 36.4 Å². The Morgan fingerprint density at radius 2 is 0.813 bits per heavy atom. The van der Waals surface area contributed by atoms with Crippen molar-refractivity contribution in [3.63, 3.8) is 0 Å². The zero-order valence-electron chi connectivity index (χ0n) is 59.4. The summed E-state index contributed by atoms with van der Waals surface area (Å²) >= 11 is 2.70. The molecule has 1 aliphatic rings. The third-order valence-electron chi connectivity index (χ3n) is 16.0. The molecule has 0 radical (unpaired) electrons. The summed E-state index contributed by atoms with van der Waals surface area (Å²) in [5.41, 5.74) is -7.11. The average molecular weight is 1640 g/mol. The molecule has 107 heavy (non-hydrogen) atoms. The second-order valence-electron chi connectivity index (χ2n) is 27.8. The van der Waals surface area contributed by atoms with Gasteiger partial charge in [-0.05, 0) is 129 Å². The molecule has 1 aliphatic heterocycles. The highest BCUT2D eigenvalue weighted by atomic mass is 79.9. The van der Waals surface area contributed by atoms with Crippen molar-refractivity contribution in [1.82, 2.24) is 42.3 Å². The number of alkyl halides is 18. The minimum absolute atomic E-state index is 0.0538. The van der Waals surface area contributed by atoms with E-state index in [1.807, 2.05) is 27.7 Å². The lowest BCUT2D eigenvalue weighted by molar-refractivity contribution is -0.154. The van der Waals surface area contributed by atoms with Gasteiger partial charge in [-0.25, -0.2) is 15.0 Å². The van der Waals surface area contributed by atoms with Crippen molar-refractivity contribution in [2.75, 3.05) is 33.0 Å². The van der Waals surface area contributed by atoms with Gasteiger partial charge >= 0.3 is 44.2 Å². The van der Waals surface area contributed by atoms with E-state index < -0.39 is 141 Å². The van der Waals surface area contributed by atoms with E-state index in [-0.39, 0.29) is 59.2 Å². The van der Waals surface area contributed by atoms with Crippen LogP contribution in [0, 0.1) is 20.8 Å². The van der Waals surface area contributed by atoms with Gasteiger partial charge in [0.1, 0.15) is 35.2 Å². The molecule has 0 saturated carbocycles. The number of hydrogen-bond donors (Lipinski definition) is 1. The summed E-state index contributed by atoms with van der Waals surface area (Å²) in [7, 11) is -3.16. The Balaban J connectivity index is 0.000000202. The van der Waals surface area contributed by atoms with Crippen molar-refractivity contribution in [2.45, 2.75) is 162 Å². The molecule has 0 amide bonds. The second kappa shape index (κ2) is 32.6. The van der Waals surface area contributed by atoms with Gasteiger partial charge in [-0.1, -0.05) is 75.7 Å². The number of imidazole rings is 3. The quantitative estimate of drug-likeness (QED) is 0.0457. The Morgan fingerprint density at radius 1 is 0.477 bits per heavy atom. The van der Waals surface area contributed by atoms with Crippen molar-refractivity contribution in [3.8, 4) is 39.5 Å². The number of halogens is 19. The number of benzene rings is 3. The number of rotatable bonds is 19. The van der Waals surface area contributed by atoms with Crippen LogP contribution in [-0.2, 0) is 50.8 Å². The molecule has 0 bridgehead atoms. The van der Waals surface area contributed by atoms with Crippen LogP contribution in [0.3, 0.4) is 0 Å². The molecule has 1 saturated heterocycles. The van der Waals surface area contributed by atoms with Crippen LogP contribution >= 0.6 is 15.9 Å². The molecule has 10 rings (SSSR count).